The van der Waals surface area contributed by atoms with Crippen molar-refractivity contribution in [2.75, 3.05) is 13.2 Å². The summed E-state index contributed by atoms with van der Waals surface area (Å²) in [4.78, 5) is 11.3. The third-order valence-corrected chi connectivity index (χ3v) is 4.54. The van der Waals surface area contributed by atoms with Crippen molar-refractivity contribution in [2.45, 2.75) is 31.1 Å². The SMILES string of the molecule is O=C1CCC(C2(c3ccc(F)c(F)c3)COC2)CC1. The Hall–Kier alpha value is -1.29. The average molecular weight is 266 g/mol. The van der Waals surface area contributed by atoms with Gasteiger partial charge < -0.3 is 4.74 Å². The molecule has 1 aromatic rings. The molecule has 19 heavy (non-hydrogen) atoms. The predicted molar refractivity (Wildman–Crippen MR) is 65.8 cm³/mol. The van der Waals surface area contributed by atoms with E-state index in [-0.39, 0.29) is 5.41 Å². The Morgan fingerprint density at radius 3 is 2.32 bits per heavy atom. The average Bonchev–Trinajstić information content (AvgIpc) is 2.34. The predicted octanol–water partition coefficient (Wildman–Crippen LogP) is 2.99. The van der Waals surface area contributed by atoms with E-state index in [0.717, 1.165) is 18.4 Å². The first kappa shape index (κ1) is 12.7. The lowest BCUT2D eigenvalue weighted by molar-refractivity contribution is -0.127. The Labute approximate surface area is 110 Å². The van der Waals surface area contributed by atoms with E-state index >= 15 is 0 Å². The summed E-state index contributed by atoms with van der Waals surface area (Å²) in [6.07, 6.45) is 2.83. The summed E-state index contributed by atoms with van der Waals surface area (Å²) in [5.41, 5.74) is 0.576. The minimum atomic E-state index is -0.821. The topological polar surface area (TPSA) is 26.3 Å². The van der Waals surface area contributed by atoms with Crippen molar-refractivity contribution in [2.24, 2.45) is 5.92 Å². The minimum Gasteiger partial charge on any atom is -0.379 e. The van der Waals surface area contributed by atoms with Gasteiger partial charge in [-0.2, -0.15) is 0 Å². The number of halogens is 2. The Kier molecular flexibility index (Phi) is 3.13. The molecule has 1 saturated carbocycles. The summed E-state index contributed by atoms with van der Waals surface area (Å²) in [6.45, 7) is 1.08. The third-order valence-electron chi connectivity index (χ3n) is 4.54. The smallest absolute Gasteiger partial charge is 0.159 e. The summed E-state index contributed by atoms with van der Waals surface area (Å²) < 4.78 is 31.8. The van der Waals surface area contributed by atoms with Crippen LogP contribution in [0.3, 0.4) is 0 Å². The highest BCUT2D eigenvalue weighted by atomic mass is 19.2. The number of benzene rings is 1. The number of hydrogen-bond acceptors (Lipinski definition) is 2. The fourth-order valence-corrected chi connectivity index (χ4v) is 3.26. The molecule has 0 spiro atoms. The molecule has 2 nitrogen and oxygen atoms in total. The standard InChI is InChI=1S/C15H16F2O2/c16-13-6-3-11(7-14(13)17)15(8-19-9-15)10-1-4-12(18)5-2-10/h3,6-7,10H,1-2,4-5,8-9H2. The molecular formula is C15H16F2O2. The van der Waals surface area contributed by atoms with Gasteiger partial charge in [0, 0.05) is 18.3 Å². The molecule has 0 N–H and O–H groups in total. The van der Waals surface area contributed by atoms with Gasteiger partial charge in [-0.15, -0.1) is 0 Å². The molecule has 0 aromatic heterocycles. The number of ketones is 1. The zero-order valence-corrected chi connectivity index (χ0v) is 10.6. The number of Topliss-reactive ketones (excluding diaryl/α,β-unsaturated/α-hetero) is 1. The molecule has 1 aromatic carbocycles. The summed E-state index contributed by atoms with van der Waals surface area (Å²) >= 11 is 0. The normalized spacial score (nSPS) is 23.2. The first-order chi connectivity index (χ1) is 9.12. The second kappa shape index (κ2) is 4.67. The van der Waals surface area contributed by atoms with Crippen LogP contribution in [0.1, 0.15) is 31.2 Å². The Morgan fingerprint density at radius 2 is 1.79 bits per heavy atom. The van der Waals surface area contributed by atoms with Gasteiger partial charge in [-0.3, -0.25) is 4.79 Å². The van der Waals surface area contributed by atoms with Gasteiger partial charge in [-0.25, -0.2) is 8.78 Å². The van der Waals surface area contributed by atoms with E-state index in [0.29, 0.717) is 37.8 Å². The molecule has 2 aliphatic rings. The second-order valence-electron chi connectivity index (χ2n) is 5.59. The van der Waals surface area contributed by atoms with Crippen LogP contribution in [-0.2, 0) is 14.9 Å². The summed E-state index contributed by atoms with van der Waals surface area (Å²) in [5.74, 6) is -1.01. The van der Waals surface area contributed by atoms with Crippen molar-refractivity contribution in [3.8, 4) is 0 Å². The molecule has 102 valence electrons. The maximum absolute atomic E-state index is 13.4. The van der Waals surface area contributed by atoms with Crippen LogP contribution >= 0.6 is 0 Å². The van der Waals surface area contributed by atoms with Crippen molar-refractivity contribution >= 4 is 5.78 Å². The fraction of sp³-hybridized carbons (Fsp3) is 0.533. The molecule has 1 saturated heterocycles. The van der Waals surface area contributed by atoms with E-state index in [2.05, 4.69) is 0 Å². The van der Waals surface area contributed by atoms with Gasteiger partial charge >= 0.3 is 0 Å². The minimum absolute atomic E-state index is 0.227. The lowest BCUT2D eigenvalue weighted by Crippen LogP contribution is -2.53. The van der Waals surface area contributed by atoms with Crippen molar-refractivity contribution in [3.05, 3.63) is 35.4 Å². The highest BCUT2D eigenvalue weighted by Gasteiger charge is 2.47. The molecule has 0 amide bonds. The fourth-order valence-electron chi connectivity index (χ4n) is 3.26. The van der Waals surface area contributed by atoms with Crippen LogP contribution in [0.25, 0.3) is 0 Å². The first-order valence-corrected chi connectivity index (χ1v) is 6.67. The maximum Gasteiger partial charge on any atom is 0.159 e. The van der Waals surface area contributed by atoms with Gasteiger partial charge in [0.1, 0.15) is 5.78 Å². The van der Waals surface area contributed by atoms with Crippen LogP contribution in [0.15, 0.2) is 18.2 Å². The van der Waals surface area contributed by atoms with Gasteiger partial charge in [0.15, 0.2) is 11.6 Å². The van der Waals surface area contributed by atoms with Gasteiger partial charge in [0.25, 0.3) is 0 Å². The lowest BCUT2D eigenvalue weighted by atomic mass is 9.63. The lowest BCUT2D eigenvalue weighted by Gasteiger charge is -2.49. The van der Waals surface area contributed by atoms with Crippen molar-refractivity contribution < 1.29 is 18.3 Å². The molecule has 3 rings (SSSR count). The molecule has 0 atom stereocenters. The van der Waals surface area contributed by atoms with Crippen molar-refractivity contribution in [1.29, 1.82) is 0 Å². The van der Waals surface area contributed by atoms with E-state index in [1.807, 2.05) is 0 Å². The van der Waals surface area contributed by atoms with Crippen molar-refractivity contribution in [1.82, 2.24) is 0 Å². The second-order valence-corrected chi connectivity index (χ2v) is 5.59. The van der Waals surface area contributed by atoms with Crippen LogP contribution in [0.5, 0.6) is 0 Å². The molecule has 0 bridgehead atoms. The monoisotopic (exact) mass is 266 g/mol. The number of rotatable bonds is 2. The van der Waals surface area contributed by atoms with Crippen LogP contribution in [0, 0.1) is 17.6 Å². The maximum atomic E-state index is 13.4. The summed E-state index contributed by atoms with van der Waals surface area (Å²) in [7, 11) is 0. The Balaban J connectivity index is 1.90. The van der Waals surface area contributed by atoms with E-state index < -0.39 is 11.6 Å². The largest absolute Gasteiger partial charge is 0.379 e. The molecule has 1 aliphatic heterocycles. The molecule has 0 unspecified atom stereocenters. The highest BCUT2D eigenvalue weighted by Crippen LogP contribution is 2.45. The van der Waals surface area contributed by atoms with Crippen LogP contribution in [0.4, 0.5) is 8.78 Å². The number of ether oxygens (including phenoxy) is 1. The van der Waals surface area contributed by atoms with Gasteiger partial charge in [-0.1, -0.05) is 6.07 Å². The third kappa shape index (κ3) is 2.08. The zero-order chi connectivity index (χ0) is 13.5. The number of carbonyl (C=O) groups is 1. The van der Waals surface area contributed by atoms with E-state index in [1.165, 1.54) is 12.1 Å². The molecule has 1 heterocycles. The van der Waals surface area contributed by atoms with Gasteiger partial charge in [-0.05, 0) is 36.5 Å². The van der Waals surface area contributed by atoms with Gasteiger partial charge in [0.05, 0.1) is 13.2 Å². The van der Waals surface area contributed by atoms with E-state index in [1.54, 1.807) is 6.07 Å². The van der Waals surface area contributed by atoms with E-state index in [4.69, 9.17) is 4.74 Å². The summed E-state index contributed by atoms with van der Waals surface area (Å²) in [6, 6.07) is 4.12. The number of carbonyl (C=O) groups excluding carboxylic acids is 1. The Bertz CT molecular complexity index is 499. The highest BCUT2D eigenvalue weighted by molar-refractivity contribution is 5.79. The molecule has 4 heteroatoms. The quantitative estimate of drug-likeness (QED) is 0.822. The molecular weight excluding hydrogens is 250 g/mol. The summed E-state index contributed by atoms with van der Waals surface area (Å²) in [5, 5.41) is 0. The Morgan fingerprint density at radius 1 is 1.11 bits per heavy atom. The molecule has 0 radical (unpaired) electrons. The van der Waals surface area contributed by atoms with Gasteiger partial charge in [0.2, 0.25) is 0 Å². The van der Waals surface area contributed by atoms with E-state index in [9.17, 15) is 13.6 Å². The van der Waals surface area contributed by atoms with Crippen molar-refractivity contribution in [3.63, 3.8) is 0 Å². The van der Waals surface area contributed by atoms with Crippen LogP contribution in [-0.4, -0.2) is 19.0 Å². The zero-order valence-electron chi connectivity index (χ0n) is 10.6. The molecule has 2 fully saturated rings. The van der Waals surface area contributed by atoms with Crippen LogP contribution in [0.2, 0.25) is 0 Å². The first-order valence-electron chi connectivity index (χ1n) is 6.67. The molecule has 1 aliphatic carbocycles. The number of hydrogen-bond donors (Lipinski definition) is 0. The van der Waals surface area contributed by atoms with Crippen LogP contribution < -0.4 is 0 Å².